The van der Waals surface area contributed by atoms with Crippen LogP contribution >= 0.6 is 0 Å². The largest absolute Gasteiger partial charge is 0.417 e. The third-order valence-corrected chi connectivity index (χ3v) is 4.03. The fourth-order valence-electron chi connectivity index (χ4n) is 2.78. The number of amides is 1. The van der Waals surface area contributed by atoms with Crippen molar-refractivity contribution in [3.8, 4) is 5.69 Å². The second kappa shape index (κ2) is 7.59. The van der Waals surface area contributed by atoms with Gasteiger partial charge in [-0.1, -0.05) is 42.5 Å². The van der Waals surface area contributed by atoms with Gasteiger partial charge < -0.3 is 10.3 Å². The Morgan fingerprint density at radius 1 is 1.07 bits per heavy atom. The molecule has 2 aromatic carbocycles. The number of carbonyl (C=O) groups is 1. The van der Waals surface area contributed by atoms with Crippen molar-refractivity contribution >= 4 is 17.2 Å². The number of allylic oxidation sites excluding steroid dienone is 1. The molecule has 2 N–H and O–H groups in total. The molecule has 1 aromatic heterocycles. The van der Waals surface area contributed by atoms with Crippen molar-refractivity contribution in [2.75, 3.05) is 5.32 Å². The highest BCUT2D eigenvalue weighted by molar-refractivity contribution is 6.05. The first-order chi connectivity index (χ1) is 13.3. The number of para-hydroxylation sites is 2. The summed E-state index contributed by atoms with van der Waals surface area (Å²) >= 11 is 0. The Kier molecular flexibility index (Phi) is 5.21. The zero-order valence-electron chi connectivity index (χ0n) is 14.7. The topological polar surface area (TPSA) is 66.9 Å². The van der Waals surface area contributed by atoms with Crippen LogP contribution in [0.15, 0.2) is 71.7 Å². The number of aryl methyl sites for hydroxylation is 1. The van der Waals surface area contributed by atoms with E-state index in [0.29, 0.717) is 17.5 Å². The van der Waals surface area contributed by atoms with Crippen molar-refractivity contribution in [3.05, 3.63) is 88.6 Å². The van der Waals surface area contributed by atoms with Gasteiger partial charge >= 0.3 is 11.9 Å². The second-order valence-electron chi connectivity index (χ2n) is 6.00. The first-order valence-corrected chi connectivity index (χ1v) is 8.29. The van der Waals surface area contributed by atoms with Crippen LogP contribution < -0.4 is 11.0 Å². The third kappa shape index (κ3) is 4.06. The van der Waals surface area contributed by atoms with E-state index in [4.69, 9.17) is 0 Å². The number of benzene rings is 2. The number of alkyl halides is 3. The summed E-state index contributed by atoms with van der Waals surface area (Å²) in [6, 6.07) is 13.4. The van der Waals surface area contributed by atoms with Crippen LogP contribution in [0.2, 0.25) is 0 Å². The van der Waals surface area contributed by atoms with E-state index in [0.717, 1.165) is 0 Å². The summed E-state index contributed by atoms with van der Waals surface area (Å²) in [7, 11) is 0. The minimum absolute atomic E-state index is 0.115. The van der Waals surface area contributed by atoms with E-state index in [1.54, 1.807) is 31.2 Å². The van der Waals surface area contributed by atoms with Gasteiger partial charge in [-0.15, -0.1) is 0 Å². The van der Waals surface area contributed by atoms with Gasteiger partial charge in [0, 0.05) is 18.0 Å². The lowest BCUT2D eigenvalue weighted by molar-refractivity contribution is -0.112. The Morgan fingerprint density at radius 2 is 1.71 bits per heavy atom. The maximum atomic E-state index is 13.4. The number of nitrogens with one attached hydrogen (secondary N) is 2. The molecule has 0 unspecified atom stereocenters. The molecule has 5 nitrogen and oxygen atoms in total. The van der Waals surface area contributed by atoms with Crippen molar-refractivity contribution in [1.29, 1.82) is 0 Å². The lowest BCUT2D eigenvalue weighted by atomic mass is 10.1. The van der Waals surface area contributed by atoms with Gasteiger partial charge in [0.15, 0.2) is 0 Å². The number of halogens is 3. The van der Waals surface area contributed by atoms with Gasteiger partial charge in [0.25, 0.3) is 0 Å². The summed E-state index contributed by atoms with van der Waals surface area (Å²) in [6.45, 7) is 1.69. The Labute approximate surface area is 158 Å². The number of aromatic amines is 1. The van der Waals surface area contributed by atoms with Crippen LogP contribution in [-0.4, -0.2) is 21.6 Å². The highest BCUT2D eigenvalue weighted by atomic mass is 19.4. The molecule has 8 heteroatoms. The summed E-state index contributed by atoms with van der Waals surface area (Å²) in [5, 5.41) is 2.44. The van der Waals surface area contributed by atoms with E-state index < -0.39 is 23.3 Å². The molecule has 3 rings (SSSR count). The normalized spacial score (nSPS) is 12.1. The molecular weight excluding hydrogens is 371 g/mol. The zero-order chi connectivity index (χ0) is 20.3. The molecule has 0 radical (unpaired) electrons. The maximum Gasteiger partial charge on any atom is 0.417 e. The number of aromatic nitrogens is 2. The zero-order valence-corrected chi connectivity index (χ0v) is 14.7. The molecule has 0 aliphatic carbocycles. The predicted molar refractivity (Wildman–Crippen MR) is 100 cm³/mol. The highest BCUT2D eigenvalue weighted by Crippen LogP contribution is 2.33. The number of imidazole rings is 1. The SMILES string of the molecule is Cc1c[nH]c(=O)n1-c1ccccc1NC(=O)/C=C(/c1ccccc1)C(F)(F)F. The Hall–Kier alpha value is -3.55. The van der Waals surface area contributed by atoms with Gasteiger partial charge in [-0.05, 0) is 24.6 Å². The van der Waals surface area contributed by atoms with E-state index in [9.17, 15) is 22.8 Å². The number of carbonyl (C=O) groups excluding carboxylic acids is 1. The fraction of sp³-hybridized carbons (Fsp3) is 0.100. The maximum absolute atomic E-state index is 13.4. The molecule has 3 aromatic rings. The number of anilines is 1. The summed E-state index contributed by atoms with van der Waals surface area (Å²) in [6.07, 6.45) is -2.69. The van der Waals surface area contributed by atoms with E-state index in [2.05, 4.69) is 10.3 Å². The molecule has 0 aliphatic heterocycles. The van der Waals surface area contributed by atoms with Crippen molar-refractivity contribution in [2.45, 2.75) is 13.1 Å². The van der Waals surface area contributed by atoms with Crippen LogP contribution in [0.1, 0.15) is 11.3 Å². The van der Waals surface area contributed by atoms with E-state index in [1.807, 2.05) is 0 Å². The molecule has 1 heterocycles. The molecule has 0 spiro atoms. The van der Waals surface area contributed by atoms with Crippen molar-refractivity contribution in [2.24, 2.45) is 0 Å². The lowest BCUT2D eigenvalue weighted by Crippen LogP contribution is -2.20. The number of rotatable bonds is 4. The van der Waals surface area contributed by atoms with Crippen molar-refractivity contribution in [1.82, 2.24) is 9.55 Å². The minimum Gasteiger partial charge on any atom is -0.321 e. The average Bonchev–Trinajstić information content (AvgIpc) is 2.98. The fourth-order valence-corrected chi connectivity index (χ4v) is 2.78. The van der Waals surface area contributed by atoms with Gasteiger partial charge in [-0.25, -0.2) is 4.79 Å². The molecular formula is C20H16F3N3O2. The molecule has 1 amide bonds. The van der Waals surface area contributed by atoms with Gasteiger partial charge in [-0.3, -0.25) is 9.36 Å². The van der Waals surface area contributed by atoms with Gasteiger partial charge in [0.2, 0.25) is 5.91 Å². The second-order valence-corrected chi connectivity index (χ2v) is 6.00. The molecule has 0 aliphatic rings. The molecule has 144 valence electrons. The number of hydrogen-bond donors (Lipinski definition) is 2. The number of hydrogen-bond acceptors (Lipinski definition) is 2. The van der Waals surface area contributed by atoms with Gasteiger partial charge in [0.1, 0.15) is 0 Å². The Morgan fingerprint density at radius 3 is 2.32 bits per heavy atom. The standard InChI is InChI=1S/C20H16F3N3O2/c1-13-12-24-19(28)26(13)17-10-6-5-9-16(17)25-18(27)11-15(20(21,22)23)14-7-3-2-4-8-14/h2-12H,1H3,(H,24,28)(H,25,27)/b15-11-. The first kappa shape index (κ1) is 19.2. The number of nitrogens with zero attached hydrogens (tertiary/aromatic N) is 1. The van der Waals surface area contributed by atoms with Crippen LogP contribution in [0.3, 0.4) is 0 Å². The van der Waals surface area contributed by atoms with Crippen molar-refractivity contribution in [3.63, 3.8) is 0 Å². The van der Waals surface area contributed by atoms with E-state index >= 15 is 0 Å². The van der Waals surface area contributed by atoms with Crippen molar-refractivity contribution < 1.29 is 18.0 Å². The smallest absolute Gasteiger partial charge is 0.321 e. The van der Waals surface area contributed by atoms with Crippen LogP contribution in [0, 0.1) is 6.92 Å². The molecule has 28 heavy (non-hydrogen) atoms. The van der Waals surface area contributed by atoms with Gasteiger partial charge in [-0.2, -0.15) is 13.2 Å². The quantitative estimate of drug-likeness (QED) is 0.663. The highest BCUT2D eigenvalue weighted by Gasteiger charge is 2.35. The summed E-state index contributed by atoms with van der Waals surface area (Å²) in [4.78, 5) is 26.9. The Balaban J connectivity index is 1.98. The van der Waals surface area contributed by atoms with E-state index in [1.165, 1.54) is 41.1 Å². The number of H-pyrrole nitrogens is 1. The lowest BCUT2D eigenvalue weighted by Gasteiger charge is -2.14. The average molecular weight is 387 g/mol. The van der Waals surface area contributed by atoms with Crippen LogP contribution in [0.4, 0.5) is 18.9 Å². The summed E-state index contributed by atoms with van der Waals surface area (Å²) in [5.74, 6) is -0.954. The minimum atomic E-state index is -4.70. The third-order valence-electron chi connectivity index (χ3n) is 4.03. The molecule has 0 saturated heterocycles. The molecule has 0 saturated carbocycles. The summed E-state index contributed by atoms with van der Waals surface area (Å²) in [5.41, 5.74) is -0.448. The molecule has 0 fully saturated rings. The molecule has 0 atom stereocenters. The van der Waals surface area contributed by atoms with Crippen LogP contribution in [0.5, 0.6) is 0 Å². The van der Waals surface area contributed by atoms with Gasteiger partial charge in [0.05, 0.1) is 16.9 Å². The van der Waals surface area contributed by atoms with E-state index in [-0.39, 0.29) is 11.3 Å². The van der Waals surface area contributed by atoms with Crippen LogP contribution in [0.25, 0.3) is 11.3 Å². The summed E-state index contributed by atoms with van der Waals surface area (Å²) < 4.78 is 41.6. The predicted octanol–water partition coefficient (Wildman–Crippen LogP) is 4.06. The Bertz CT molecular complexity index is 1080. The monoisotopic (exact) mass is 387 g/mol. The van der Waals surface area contributed by atoms with Crippen LogP contribution in [-0.2, 0) is 4.79 Å². The molecule has 0 bridgehead atoms. The first-order valence-electron chi connectivity index (χ1n) is 8.29.